The van der Waals surface area contributed by atoms with Gasteiger partial charge in [0.05, 0.1) is 33.1 Å². The molecule has 3 heteroatoms. The first-order valence-corrected chi connectivity index (χ1v) is 14.2. The van der Waals surface area contributed by atoms with Crippen molar-refractivity contribution in [1.82, 2.24) is 15.0 Å². The van der Waals surface area contributed by atoms with E-state index >= 15 is 0 Å². The molecule has 0 saturated carbocycles. The van der Waals surface area contributed by atoms with Gasteiger partial charge in [0.2, 0.25) is 0 Å². The molecule has 0 aliphatic heterocycles. The van der Waals surface area contributed by atoms with Crippen molar-refractivity contribution < 1.29 is 0 Å². The number of nitrogens with zero attached hydrogens (tertiary/aromatic N) is 3. The Balaban J connectivity index is 1.26. The molecule has 0 amide bonds. The zero-order chi connectivity index (χ0) is 27.6. The van der Waals surface area contributed by atoms with E-state index in [4.69, 9.17) is 15.0 Å². The SMILES string of the molecule is c1ccc2nc3cccc(-c4ccc5nc6cccc(-c7cccc8nc9ccccc9cc78)c6cc5c4)c3cc2c1. The Labute approximate surface area is 241 Å². The summed E-state index contributed by atoms with van der Waals surface area (Å²) in [6, 6.07) is 49.2. The Morgan fingerprint density at radius 1 is 0.286 bits per heavy atom. The lowest BCUT2D eigenvalue weighted by Crippen LogP contribution is -1.90. The summed E-state index contributed by atoms with van der Waals surface area (Å²) in [4.78, 5) is 15.0. The van der Waals surface area contributed by atoms with Gasteiger partial charge in [0, 0.05) is 32.3 Å². The first kappa shape index (κ1) is 23.1. The van der Waals surface area contributed by atoms with Crippen LogP contribution in [0.2, 0.25) is 0 Å². The summed E-state index contributed by atoms with van der Waals surface area (Å²) in [5, 5.41) is 6.83. The highest BCUT2D eigenvalue weighted by Gasteiger charge is 2.13. The predicted molar refractivity (Wildman–Crippen MR) is 176 cm³/mol. The van der Waals surface area contributed by atoms with Gasteiger partial charge in [-0.05, 0) is 82.9 Å². The summed E-state index contributed by atoms with van der Waals surface area (Å²) in [7, 11) is 0. The summed E-state index contributed by atoms with van der Waals surface area (Å²) in [6.45, 7) is 0. The molecule has 0 aliphatic carbocycles. The minimum atomic E-state index is 0.984. The third-order valence-electron chi connectivity index (χ3n) is 8.37. The van der Waals surface area contributed by atoms with Crippen LogP contribution in [0.4, 0.5) is 0 Å². The molecule has 42 heavy (non-hydrogen) atoms. The van der Waals surface area contributed by atoms with Crippen LogP contribution in [-0.2, 0) is 0 Å². The Kier molecular flexibility index (Phi) is 4.90. The van der Waals surface area contributed by atoms with Crippen LogP contribution < -0.4 is 0 Å². The van der Waals surface area contributed by atoms with Gasteiger partial charge >= 0.3 is 0 Å². The lowest BCUT2D eigenvalue weighted by atomic mass is 9.94. The van der Waals surface area contributed by atoms with Crippen molar-refractivity contribution in [1.29, 1.82) is 0 Å². The molecule has 0 N–H and O–H groups in total. The lowest BCUT2D eigenvalue weighted by Gasteiger charge is -2.13. The van der Waals surface area contributed by atoms with Gasteiger partial charge in [0.1, 0.15) is 0 Å². The van der Waals surface area contributed by atoms with Gasteiger partial charge in [-0.3, -0.25) is 0 Å². The van der Waals surface area contributed by atoms with E-state index in [1.165, 1.54) is 11.1 Å². The van der Waals surface area contributed by atoms with Crippen LogP contribution in [0.3, 0.4) is 0 Å². The Hall–Kier alpha value is -5.67. The van der Waals surface area contributed by atoms with Gasteiger partial charge in [-0.15, -0.1) is 0 Å². The zero-order valence-corrected chi connectivity index (χ0v) is 22.6. The third-order valence-corrected chi connectivity index (χ3v) is 8.37. The minimum absolute atomic E-state index is 0.984. The number of pyridine rings is 3. The van der Waals surface area contributed by atoms with Gasteiger partial charge in [0.15, 0.2) is 0 Å². The first-order valence-electron chi connectivity index (χ1n) is 14.2. The average molecular weight is 534 g/mol. The topological polar surface area (TPSA) is 38.7 Å². The fourth-order valence-electron chi connectivity index (χ4n) is 6.35. The molecule has 0 radical (unpaired) electrons. The largest absolute Gasteiger partial charge is 0.248 e. The summed E-state index contributed by atoms with van der Waals surface area (Å²) in [5.41, 5.74) is 10.7. The van der Waals surface area contributed by atoms with Crippen molar-refractivity contribution in [3.8, 4) is 22.3 Å². The van der Waals surface area contributed by atoms with Crippen molar-refractivity contribution >= 4 is 65.4 Å². The molecule has 0 spiro atoms. The summed E-state index contributed by atoms with van der Waals surface area (Å²) >= 11 is 0. The molecule has 3 nitrogen and oxygen atoms in total. The highest BCUT2D eigenvalue weighted by Crippen LogP contribution is 2.37. The van der Waals surface area contributed by atoms with Crippen molar-refractivity contribution in [2.45, 2.75) is 0 Å². The maximum Gasteiger partial charge on any atom is 0.0715 e. The molecule has 0 unspecified atom stereocenters. The molecule has 194 valence electrons. The van der Waals surface area contributed by atoms with E-state index in [0.717, 1.165) is 76.5 Å². The van der Waals surface area contributed by atoms with E-state index in [1.54, 1.807) is 0 Å². The molecule has 9 rings (SSSR count). The molecule has 9 aromatic rings. The van der Waals surface area contributed by atoms with Crippen LogP contribution in [0.15, 0.2) is 140 Å². The van der Waals surface area contributed by atoms with Crippen LogP contribution in [0.5, 0.6) is 0 Å². The van der Waals surface area contributed by atoms with Gasteiger partial charge in [-0.2, -0.15) is 0 Å². The highest BCUT2D eigenvalue weighted by atomic mass is 14.7. The second kappa shape index (κ2) is 8.92. The van der Waals surface area contributed by atoms with Crippen molar-refractivity contribution in [2.75, 3.05) is 0 Å². The molecule has 0 saturated heterocycles. The second-order valence-corrected chi connectivity index (χ2v) is 10.9. The van der Waals surface area contributed by atoms with Gasteiger partial charge in [-0.1, -0.05) is 78.9 Å². The summed E-state index contributed by atoms with van der Waals surface area (Å²) in [6.07, 6.45) is 0. The van der Waals surface area contributed by atoms with E-state index in [2.05, 4.69) is 127 Å². The van der Waals surface area contributed by atoms with Crippen molar-refractivity contribution in [2.24, 2.45) is 0 Å². The molecule has 0 fully saturated rings. The fraction of sp³-hybridized carbons (Fsp3) is 0. The lowest BCUT2D eigenvalue weighted by molar-refractivity contribution is 1.48. The standard InChI is InChI=1S/C39H23N3/c1-3-13-34-25(8-1)21-31-28(10-5-15-37(31)40-34)24-18-19-36-27(20-24)23-33-30(12-7-17-39(33)42-36)29-11-6-16-38-32(29)22-26-9-2-4-14-35(26)41-38/h1-23H. The third kappa shape index (κ3) is 3.57. The number of rotatable bonds is 2. The smallest absolute Gasteiger partial charge is 0.0715 e. The van der Waals surface area contributed by atoms with Crippen molar-refractivity contribution in [3.63, 3.8) is 0 Å². The number of hydrogen-bond donors (Lipinski definition) is 0. The van der Waals surface area contributed by atoms with E-state index in [0.29, 0.717) is 0 Å². The number of fused-ring (bicyclic) bond motifs is 6. The zero-order valence-electron chi connectivity index (χ0n) is 22.6. The number of benzene rings is 6. The van der Waals surface area contributed by atoms with Crippen LogP contribution in [-0.4, -0.2) is 15.0 Å². The van der Waals surface area contributed by atoms with Crippen LogP contribution in [0.25, 0.3) is 87.7 Å². The maximum atomic E-state index is 5.10. The molecule has 0 aliphatic rings. The maximum absolute atomic E-state index is 5.10. The number of para-hydroxylation sites is 2. The predicted octanol–water partition coefficient (Wildman–Crippen LogP) is 10.1. The Morgan fingerprint density at radius 2 is 0.714 bits per heavy atom. The van der Waals surface area contributed by atoms with E-state index in [9.17, 15) is 0 Å². The summed E-state index contributed by atoms with van der Waals surface area (Å²) in [5.74, 6) is 0. The molecule has 0 atom stereocenters. The fourth-order valence-corrected chi connectivity index (χ4v) is 6.35. The van der Waals surface area contributed by atoms with E-state index in [1.807, 2.05) is 12.1 Å². The quantitative estimate of drug-likeness (QED) is 0.208. The van der Waals surface area contributed by atoms with Crippen LogP contribution in [0.1, 0.15) is 0 Å². The molecule has 0 bridgehead atoms. The van der Waals surface area contributed by atoms with Gasteiger partial charge < -0.3 is 0 Å². The Bertz CT molecular complexity index is 2530. The van der Waals surface area contributed by atoms with Gasteiger partial charge in [0.25, 0.3) is 0 Å². The molecule has 3 heterocycles. The van der Waals surface area contributed by atoms with Crippen molar-refractivity contribution in [3.05, 3.63) is 140 Å². The van der Waals surface area contributed by atoms with Gasteiger partial charge in [-0.25, -0.2) is 15.0 Å². The summed E-state index contributed by atoms with van der Waals surface area (Å²) < 4.78 is 0. The molecule has 3 aromatic heterocycles. The minimum Gasteiger partial charge on any atom is -0.248 e. The highest BCUT2D eigenvalue weighted by molar-refractivity contribution is 6.09. The Morgan fingerprint density at radius 3 is 1.29 bits per heavy atom. The number of hydrogen-bond acceptors (Lipinski definition) is 3. The van der Waals surface area contributed by atoms with Crippen LogP contribution in [0, 0.1) is 0 Å². The number of aromatic nitrogens is 3. The molecule has 6 aromatic carbocycles. The average Bonchev–Trinajstić information content (AvgIpc) is 3.04. The van der Waals surface area contributed by atoms with E-state index < -0.39 is 0 Å². The monoisotopic (exact) mass is 533 g/mol. The molecular weight excluding hydrogens is 510 g/mol. The first-order chi connectivity index (χ1) is 20.8. The normalized spacial score (nSPS) is 11.8. The molecular formula is C39H23N3. The second-order valence-electron chi connectivity index (χ2n) is 10.9. The van der Waals surface area contributed by atoms with E-state index in [-0.39, 0.29) is 0 Å². The van der Waals surface area contributed by atoms with Crippen LogP contribution >= 0.6 is 0 Å².